The monoisotopic (exact) mass is 282 g/mol. The molecular weight excluding hydrogens is 272 g/mol. The quantitative estimate of drug-likeness (QED) is 0.667. The average Bonchev–Trinajstić information content (AvgIpc) is 2.25. The second-order valence-electron chi connectivity index (χ2n) is 3.22. The largest absolute Gasteiger partial charge is 0.478 e. The van der Waals surface area contributed by atoms with E-state index < -0.39 is 5.97 Å². The molecule has 0 aliphatic rings. The third-order valence-corrected chi connectivity index (χ3v) is 2.54. The standard InChI is InChI=1S/C12H11BrO3/c13-11-5-3-9(2-1-7-14)10(8-11)4-6-12(15)16/h3-8H,1-2H2,(H,15,16)/b6-4+. The molecule has 4 heteroatoms. The summed E-state index contributed by atoms with van der Waals surface area (Å²) >= 11 is 3.32. The molecule has 0 aliphatic carbocycles. The predicted molar refractivity (Wildman–Crippen MR) is 65.2 cm³/mol. The van der Waals surface area contributed by atoms with E-state index in [1.165, 1.54) is 6.08 Å². The molecule has 0 unspecified atom stereocenters. The zero-order valence-corrected chi connectivity index (χ0v) is 10.1. The summed E-state index contributed by atoms with van der Waals surface area (Å²) in [4.78, 5) is 20.7. The van der Waals surface area contributed by atoms with Crippen molar-refractivity contribution in [2.45, 2.75) is 12.8 Å². The Morgan fingerprint density at radius 2 is 2.19 bits per heavy atom. The first-order valence-electron chi connectivity index (χ1n) is 4.76. The van der Waals surface area contributed by atoms with Crippen LogP contribution in [0.3, 0.4) is 0 Å². The summed E-state index contributed by atoms with van der Waals surface area (Å²) in [5.74, 6) is -0.985. The maximum absolute atomic E-state index is 10.4. The highest BCUT2D eigenvalue weighted by Crippen LogP contribution is 2.19. The van der Waals surface area contributed by atoms with Crippen LogP contribution in [0.25, 0.3) is 6.08 Å². The fourth-order valence-corrected chi connectivity index (χ4v) is 1.70. The van der Waals surface area contributed by atoms with Crippen molar-refractivity contribution in [3.05, 3.63) is 39.9 Å². The van der Waals surface area contributed by atoms with E-state index in [0.29, 0.717) is 12.8 Å². The molecule has 0 amide bonds. The summed E-state index contributed by atoms with van der Waals surface area (Å²) in [5.41, 5.74) is 1.78. The van der Waals surface area contributed by atoms with Crippen LogP contribution in [-0.4, -0.2) is 17.4 Å². The van der Waals surface area contributed by atoms with Gasteiger partial charge >= 0.3 is 5.97 Å². The normalized spacial score (nSPS) is 10.6. The van der Waals surface area contributed by atoms with Gasteiger partial charge in [-0.1, -0.05) is 22.0 Å². The van der Waals surface area contributed by atoms with E-state index >= 15 is 0 Å². The minimum absolute atomic E-state index is 0.440. The molecule has 0 aliphatic heterocycles. The fraction of sp³-hybridized carbons (Fsp3) is 0.167. The highest BCUT2D eigenvalue weighted by molar-refractivity contribution is 9.10. The van der Waals surface area contributed by atoms with Crippen LogP contribution in [0.5, 0.6) is 0 Å². The smallest absolute Gasteiger partial charge is 0.328 e. The Labute approximate surface area is 102 Å². The van der Waals surface area contributed by atoms with Gasteiger partial charge in [0.15, 0.2) is 0 Å². The molecule has 0 spiro atoms. The Morgan fingerprint density at radius 1 is 1.44 bits per heavy atom. The first-order chi connectivity index (χ1) is 7.63. The predicted octanol–water partition coefficient (Wildman–Crippen LogP) is 2.68. The van der Waals surface area contributed by atoms with Crippen molar-refractivity contribution >= 4 is 34.3 Å². The first kappa shape index (κ1) is 12.6. The number of rotatable bonds is 5. The molecule has 0 saturated carbocycles. The number of hydrogen-bond donors (Lipinski definition) is 1. The van der Waals surface area contributed by atoms with Gasteiger partial charge in [0.2, 0.25) is 0 Å². The maximum atomic E-state index is 10.4. The first-order valence-corrected chi connectivity index (χ1v) is 5.56. The van der Waals surface area contributed by atoms with Gasteiger partial charge in [-0.05, 0) is 35.8 Å². The van der Waals surface area contributed by atoms with Crippen molar-refractivity contribution < 1.29 is 14.7 Å². The van der Waals surface area contributed by atoms with Gasteiger partial charge in [0, 0.05) is 17.0 Å². The van der Waals surface area contributed by atoms with E-state index in [2.05, 4.69) is 15.9 Å². The summed E-state index contributed by atoms with van der Waals surface area (Å²) in [6, 6.07) is 5.59. The van der Waals surface area contributed by atoms with Crippen molar-refractivity contribution in [1.82, 2.24) is 0 Å². The van der Waals surface area contributed by atoms with E-state index in [-0.39, 0.29) is 0 Å². The lowest BCUT2D eigenvalue weighted by Gasteiger charge is -2.04. The van der Waals surface area contributed by atoms with Gasteiger partial charge in [-0.3, -0.25) is 0 Å². The average molecular weight is 283 g/mol. The van der Waals surface area contributed by atoms with Crippen molar-refractivity contribution in [2.24, 2.45) is 0 Å². The van der Waals surface area contributed by atoms with Crippen molar-refractivity contribution in [3.63, 3.8) is 0 Å². The molecule has 0 heterocycles. The van der Waals surface area contributed by atoms with Crippen LogP contribution in [-0.2, 0) is 16.0 Å². The van der Waals surface area contributed by atoms with E-state index in [9.17, 15) is 9.59 Å². The van der Waals surface area contributed by atoms with E-state index in [1.807, 2.05) is 18.2 Å². The second kappa shape index (κ2) is 6.23. The Balaban J connectivity index is 2.97. The number of carboxylic acids is 1. The molecule has 1 aromatic carbocycles. The lowest BCUT2D eigenvalue weighted by atomic mass is 10.0. The molecule has 0 atom stereocenters. The number of hydrogen-bond acceptors (Lipinski definition) is 2. The van der Waals surface area contributed by atoms with Crippen LogP contribution in [0, 0.1) is 0 Å². The molecule has 0 aromatic heterocycles. The number of aldehydes is 1. The minimum atomic E-state index is -0.985. The number of carbonyl (C=O) groups is 2. The van der Waals surface area contributed by atoms with Crippen LogP contribution < -0.4 is 0 Å². The van der Waals surface area contributed by atoms with Crippen LogP contribution in [0.15, 0.2) is 28.7 Å². The van der Waals surface area contributed by atoms with Crippen LogP contribution in [0.1, 0.15) is 17.5 Å². The van der Waals surface area contributed by atoms with Crippen molar-refractivity contribution in [1.29, 1.82) is 0 Å². The maximum Gasteiger partial charge on any atom is 0.328 e. The van der Waals surface area contributed by atoms with Crippen molar-refractivity contribution in [3.8, 4) is 0 Å². The molecule has 0 bridgehead atoms. The molecule has 16 heavy (non-hydrogen) atoms. The van der Waals surface area contributed by atoms with Crippen LogP contribution >= 0.6 is 15.9 Å². The highest BCUT2D eigenvalue weighted by Gasteiger charge is 2.01. The lowest BCUT2D eigenvalue weighted by molar-refractivity contribution is -0.131. The van der Waals surface area contributed by atoms with Gasteiger partial charge in [-0.2, -0.15) is 0 Å². The molecule has 1 rings (SSSR count). The van der Waals surface area contributed by atoms with Crippen LogP contribution in [0.4, 0.5) is 0 Å². The second-order valence-corrected chi connectivity index (χ2v) is 4.14. The van der Waals surface area contributed by atoms with Gasteiger partial charge in [0.1, 0.15) is 6.29 Å². The van der Waals surface area contributed by atoms with Crippen molar-refractivity contribution in [2.75, 3.05) is 0 Å². The topological polar surface area (TPSA) is 54.4 Å². The molecule has 84 valence electrons. The summed E-state index contributed by atoms with van der Waals surface area (Å²) in [6.07, 6.45) is 4.54. The molecule has 3 nitrogen and oxygen atoms in total. The summed E-state index contributed by atoms with van der Waals surface area (Å²) in [7, 11) is 0. The van der Waals surface area contributed by atoms with E-state index in [0.717, 1.165) is 28.0 Å². The molecule has 1 aromatic rings. The third-order valence-electron chi connectivity index (χ3n) is 2.04. The third kappa shape index (κ3) is 3.98. The van der Waals surface area contributed by atoms with Gasteiger partial charge in [0.05, 0.1) is 0 Å². The molecule has 0 saturated heterocycles. The number of carboxylic acid groups (broad SMARTS) is 1. The summed E-state index contributed by atoms with van der Waals surface area (Å²) < 4.78 is 0.882. The number of aliphatic carboxylic acids is 1. The highest BCUT2D eigenvalue weighted by atomic mass is 79.9. The van der Waals surface area contributed by atoms with Gasteiger partial charge in [-0.15, -0.1) is 0 Å². The molecule has 1 N–H and O–H groups in total. The SMILES string of the molecule is O=CCCc1ccc(Br)cc1/C=C/C(=O)O. The van der Waals surface area contributed by atoms with E-state index in [4.69, 9.17) is 5.11 Å². The Bertz CT molecular complexity index is 424. The van der Waals surface area contributed by atoms with Gasteiger partial charge < -0.3 is 9.90 Å². The summed E-state index contributed by atoms with van der Waals surface area (Å²) in [6.45, 7) is 0. The molecular formula is C12H11BrO3. The Kier molecular flexibility index (Phi) is 4.92. The molecule has 0 fully saturated rings. The molecule has 0 radical (unpaired) electrons. The number of carbonyl (C=O) groups excluding carboxylic acids is 1. The number of aryl methyl sites for hydroxylation is 1. The number of halogens is 1. The lowest BCUT2D eigenvalue weighted by Crippen LogP contribution is -1.92. The Morgan fingerprint density at radius 3 is 2.81 bits per heavy atom. The van der Waals surface area contributed by atoms with Gasteiger partial charge in [-0.25, -0.2) is 4.79 Å². The van der Waals surface area contributed by atoms with E-state index in [1.54, 1.807) is 0 Å². The zero-order valence-electron chi connectivity index (χ0n) is 8.52. The minimum Gasteiger partial charge on any atom is -0.478 e. The Hall–Kier alpha value is -1.42. The number of benzene rings is 1. The van der Waals surface area contributed by atoms with Gasteiger partial charge in [0.25, 0.3) is 0 Å². The summed E-state index contributed by atoms with van der Waals surface area (Å²) in [5, 5.41) is 8.56. The van der Waals surface area contributed by atoms with Crippen LogP contribution in [0.2, 0.25) is 0 Å². The zero-order chi connectivity index (χ0) is 12.0. The fourth-order valence-electron chi connectivity index (χ4n) is 1.32.